The molecule has 0 spiro atoms. The molecule has 0 aromatic carbocycles. The van der Waals surface area contributed by atoms with Crippen molar-refractivity contribution in [2.24, 2.45) is 0 Å². The Morgan fingerprint density at radius 2 is 2.16 bits per heavy atom. The van der Waals surface area contributed by atoms with Gasteiger partial charge in [-0.2, -0.15) is 0 Å². The van der Waals surface area contributed by atoms with Crippen molar-refractivity contribution < 1.29 is 23.1 Å². The largest absolute Gasteiger partial charge is 0.480 e. The van der Waals surface area contributed by atoms with Gasteiger partial charge >= 0.3 is 12.0 Å². The second-order valence-electron chi connectivity index (χ2n) is 5.05. The summed E-state index contributed by atoms with van der Waals surface area (Å²) in [7, 11) is -3.24. The number of nitrogens with one attached hydrogen (secondary N) is 1. The number of urea groups is 1. The van der Waals surface area contributed by atoms with E-state index in [1.165, 1.54) is 17.9 Å². The first-order valence-corrected chi connectivity index (χ1v) is 7.69. The second kappa shape index (κ2) is 4.52. The smallest absolute Gasteiger partial charge is 0.329 e. The van der Waals surface area contributed by atoms with Crippen molar-refractivity contribution in [2.75, 3.05) is 12.3 Å². The molecule has 0 radical (unpaired) electrons. The van der Waals surface area contributed by atoms with Gasteiger partial charge in [0.25, 0.3) is 0 Å². The summed E-state index contributed by atoms with van der Waals surface area (Å²) in [6, 6.07) is -1.12. The van der Waals surface area contributed by atoms with Crippen LogP contribution in [0.5, 0.6) is 0 Å². The van der Waals surface area contributed by atoms with E-state index >= 15 is 0 Å². The van der Waals surface area contributed by atoms with Gasteiger partial charge in [0, 0.05) is 12.0 Å². The Labute approximate surface area is 111 Å². The van der Waals surface area contributed by atoms with Crippen molar-refractivity contribution >= 4 is 21.8 Å². The van der Waals surface area contributed by atoms with Gasteiger partial charge in [-0.15, -0.1) is 0 Å². The van der Waals surface area contributed by atoms with E-state index in [2.05, 4.69) is 5.32 Å². The first-order valence-electron chi connectivity index (χ1n) is 5.97. The van der Waals surface area contributed by atoms with Crippen molar-refractivity contribution in [3.8, 4) is 0 Å². The number of hydrogen-bond donors (Lipinski definition) is 2. The molecular weight excluding hydrogens is 272 g/mol. The van der Waals surface area contributed by atoms with Gasteiger partial charge < -0.3 is 15.3 Å². The molecule has 2 aliphatic heterocycles. The van der Waals surface area contributed by atoms with E-state index in [4.69, 9.17) is 0 Å². The Morgan fingerprint density at radius 3 is 2.68 bits per heavy atom. The number of hydrogen-bond acceptors (Lipinski definition) is 4. The number of carbonyl (C=O) groups excluding carboxylic acids is 1. The molecule has 0 saturated carbocycles. The number of rotatable bonds is 2. The minimum absolute atomic E-state index is 0.170. The minimum Gasteiger partial charge on any atom is -0.480 e. The molecular formula is C11H16N2O5S. The summed E-state index contributed by atoms with van der Waals surface area (Å²) in [4.78, 5) is 24.6. The lowest BCUT2D eigenvalue weighted by atomic mass is 10.00. The highest BCUT2D eigenvalue weighted by molar-refractivity contribution is 7.94. The maximum Gasteiger partial charge on any atom is 0.329 e. The Morgan fingerprint density at radius 1 is 1.47 bits per heavy atom. The predicted octanol–water partition coefficient (Wildman–Crippen LogP) is -0.0542. The number of carbonyl (C=O) groups is 2. The quantitative estimate of drug-likeness (QED) is 0.741. The molecule has 1 saturated heterocycles. The molecule has 7 nitrogen and oxygen atoms in total. The van der Waals surface area contributed by atoms with Gasteiger partial charge in [0.1, 0.15) is 5.54 Å². The maximum atomic E-state index is 12.1. The number of amides is 2. The van der Waals surface area contributed by atoms with Crippen molar-refractivity contribution in [1.29, 1.82) is 0 Å². The van der Waals surface area contributed by atoms with Crippen molar-refractivity contribution in [2.45, 2.75) is 31.3 Å². The fourth-order valence-electron chi connectivity index (χ4n) is 2.41. The number of carboxylic acids is 1. The van der Waals surface area contributed by atoms with Crippen molar-refractivity contribution in [1.82, 2.24) is 10.2 Å². The minimum atomic E-state index is -3.24. The summed E-state index contributed by atoms with van der Waals surface area (Å²) in [5.41, 5.74) is -1.22. The Bertz CT molecular complexity index is 541. The number of sulfone groups is 1. The molecule has 0 bridgehead atoms. The molecule has 0 aromatic heterocycles. The van der Waals surface area contributed by atoms with Crippen LogP contribution in [0.4, 0.5) is 4.79 Å². The molecule has 106 valence electrons. The van der Waals surface area contributed by atoms with Crippen LogP contribution >= 0.6 is 0 Å². The molecule has 0 aromatic rings. The monoisotopic (exact) mass is 288 g/mol. The molecule has 1 fully saturated rings. The van der Waals surface area contributed by atoms with Crippen LogP contribution in [0.1, 0.15) is 19.8 Å². The Kier molecular flexibility index (Phi) is 3.29. The molecule has 2 amide bonds. The zero-order chi connectivity index (χ0) is 14.3. The lowest BCUT2D eigenvalue weighted by Crippen LogP contribution is -2.55. The first-order chi connectivity index (χ1) is 8.74. The summed E-state index contributed by atoms with van der Waals surface area (Å²) in [5, 5.41) is 12.8. The maximum absolute atomic E-state index is 12.1. The average molecular weight is 288 g/mol. The van der Waals surface area contributed by atoms with Gasteiger partial charge in [0.05, 0.1) is 11.8 Å². The standard InChI is InChI=1S/C11H16N2O5S/c1-11(9(14)15)4-2-5-13(11)10(16)12-8-3-6-19(17,18)7-8/h3,6,8H,2,4-5,7H2,1H3,(H,12,16)(H,14,15). The molecule has 19 heavy (non-hydrogen) atoms. The molecule has 2 heterocycles. The predicted molar refractivity (Wildman–Crippen MR) is 67.2 cm³/mol. The molecule has 2 rings (SSSR count). The van der Waals surface area contributed by atoms with E-state index < -0.39 is 33.4 Å². The fraction of sp³-hybridized carbons (Fsp3) is 0.636. The molecule has 2 aliphatic rings. The van der Waals surface area contributed by atoms with Crippen LogP contribution in [0, 0.1) is 0 Å². The van der Waals surface area contributed by atoms with Gasteiger partial charge in [-0.3, -0.25) is 0 Å². The molecule has 8 heteroatoms. The van der Waals surface area contributed by atoms with Gasteiger partial charge in [0.15, 0.2) is 9.84 Å². The third kappa shape index (κ3) is 2.58. The summed E-state index contributed by atoms with van der Waals surface area (Å²) in [6.45, 7) is 1.86. The van der Waals surface area contributed by atoms with E-state index in [-0.39, 0.29) is 5.75 Å². The highest BCUT2D eigenvalue weighted by atomic mass is 32.2. The van der Waals surface area contributed by atoms with Gasteiger partial charge in [0.2, 0.25) is 0 Å². The summed E-state index contributed by atoms with van der Waals surface area (Å²) in [5.74, 6) is -1.22. The second-order valence-corrected chi connectivity index (χ2v) is 6.98. The summed E-state index contributed by atoms with van der Waals surface area (Å²) in [6.07, 6.45) is 2.42. The summed E-state index contributed by atoms with van der Waals surface area (Å²) < 4.78 is 22.5. The first kappa shape index (κ1) is 13.9. The lowest BCUT2D eigenvalue weighted by Gasteiger charge is -2.31. The van der Waals surface area contributed by atoms with Gasteiger partial charge in [-0.1, -0.05) is 0 Å². The SMILES string of the molecule is CC1(C(=O)O)CCCN1C(=O)NC1C=CS(=O)(=O)C1. The zero-order valence-electron chi connectivity index (χ0n) is 10.5. The van der Waals surface area contributed by atoms with E-state index in [9.17, 15) is 23.1 Å². The van der Waals surface area contributed by atoms with E-state index in [0.29, 0.717) is 19.4 Å². The fourth-order valence-corrected chi connectivity index (χ4v) is 3.65. The topological polar surface area (TPSA) is 104 Å². The zero-order valence-corrected chi connectivity index (χ0v) is 11.3. The van der Waals surface area contributed by atoms with Crippen LogP contribution in [0.2, 0.25) is 0 Å². The average Bonchev–Trinajstić information content (AvgIpc) is 2.83. The van der Waals surface area contributed by atoms with E-state index in [1.54, 1.807) is 0 Å². The number of aliphatic carboxylic acids is 1. The number of nitrogens with zero attached hydrogens (tertiary/aromatic N) is 1. The van der Waals surface area contributed by atoms with Gasteiger partial charge in [-0.25, -0.2) is 18.0 Å². The molecule has 2 unspecified atom stereocenters. The third-order valence-corrected chi connectivity index (χ3v) is 4.98. The lowest BCUT2D eigenvalue weighted by molar-refractivity contribution is -0.147. The van der Waals surface area contributed by atoms with Crippen LogP contribution in [0.15, 0.2) is 11.5 Å². The van der Waals surface area contributed by atoms with E-state index in [0.717, 1.165) is 5.41 Å². The number of likely N-dealkylation sites (tertiary alicyclic amines) is 1. The van der Waals surface area contributed by atoms with Crippen molar-refractivity contribution in [3.63, 3.8) is 0 Å². The Hall–Kier alpha value is -1.57. The third-order valence-electron chi connectivity index (χ3n) is 3.59. The molecule has 2 N–H and O–H groups in total. The van der Waals surface area contributed by atoms with Crippen LogP contribution < -0.4 is 5.32 Å². The highest BCUT2D eigenvalue weighted by Crippen LogP contribution is 2.29. The van der Waals surface area contributed by atoms with Crippen LogP contribution in [-0.2, 0) is 14.6 Å². The van der Waals surface area contributed by atoms with Gasteiger partial charge in [-0.05, 0) is 25.8 Å². The van der Waals surface area contributed by atoms with Crippen LogP contribution in [-0.4, -0.2) is 54.3 Å². The van der Waals surface area contributed by atoms with Crippen molar-refractivity contribution in [3.05, 3.63) is 11.5 Å². The summed E-state index contributed by atoms with van der Waals surface area (Å²) >= 11 is 0. The van der Waals surface area contributed by atoms with E-state index in [1.807, 2.05) is 0 Å². The Balaban J connectivity index is 2.05. The highest BCUT2D eigenvalue weighted by Gasteiger charge is 2.46. The normalized spacial score (nSPS) is 32.5. The molecule has 0 aliphatic carbocycles. The van der Waals surface area contributed by atoms with Crippen LogP contribution in [0.3, 0.4) is 0 Å². The number of carboxylic acid groups (broad SMARTS) is 1. The molecule has 2 atom stereocenters. The van der Waals surface area contributed by atoms with Crippen LogP contribution in [0.25, 0.3) is 0 Å².